The largest absolute Gasteiger partial charge is 0.323 e. The highest BCUT2D eigenvalue weighted by Crippen LogP contribution is 2.16. The molecule has 0 bridgehead atoms. The highest BCUT2D eigenvalue weighted by atomic mass is 35.5. The van der Waals surface area contributed by atoms with E-state index < -0.39 is 18.3 Å². The topological polar surface area (TPSA) is 26.0 Å². The molecule has 0 saturated heterocycles. The third-order valence-corrected chi connectivity index (χ3v) is 1.94. The molecule has 78 valence electrons. The lowest BCUT2D eigenvalue weighted by Crippen LogP contribution is -2.30. The van der Waals surface area contributed by atoms with Crippen LogP contribution in [0.3, 0.4) is 0 Å². The van der Waals surface area contributed by atoms with Crippen molar-refractivity contribution in [1.82, 2.24) is 0 Å². The van der Waals surface area contributed by atoms with Gasteiger partial charge in [-0.3, -0.25) is 0 Å². The van der Waals surface area contributed by atoms with Crippen LogP contribution in [0.15, 0.2) is 18.2 Å². The Labute approximate surface area is 84.7 Å². The lowest BCUT2D eigenvalue weighted by atomic mass is 10.1. The number of benzene rings is 1. The van der Waals surface area contributed by atoms with E-state index in [0.29, 0.717) is 5.56 Å². The van der Waals surface area contributed by atoms with Crippen LogP contribution in [0.1, 0.15) is 5.56 Å². The van der Waals surface area contributed by atoms with Crippen LogP contribution in [0.4, 0.5) is 13.2 Å². The molecule has 0 saturated carbocycles. The smallest absolute Gasteiger partial charge is 0.253 e. The molecule has 1 aromatic carbocycles. The second kappa shape index (κ2) is 4.66. The first-order valence-corrected chi connectivity index (χ1v) is 4.35. The average Bonchev–Trinajstić information content (AvgIpc) is 2.01. The Bertz CT molecular complexity index is 297. The molecule has 2 N–H and O–H groups in total. The molecular formula is C9H9ClF3N. The van der Waals surface area contributed by atoms with Gasteiger partial charge in [0.1, 0.15) is 5.82 Å². The van der Waals surface area contributed by atoms with Crippen LogP contribution < -0.4 is 5.73 Å². The molecule has 0 aliphatic carbocycles. The monoisotopic (exact) mass is 223 g/mol. The lowest BCUT2D eigenvalue weighted by Gasteiger charge is -2.10. The minimum atomic E-state index is -2.61. The van der Waals surface area contributed by atoms with Crippen LogP contribution in [-0.2, 0) is 6.42 Å². The Hall–Kier alpha value is -0.740. The standard InChI is InChI=1S/C9H9ClF3N/c10-6-1-5(2-7(11)4-6)3-8(14)9(12)13/h1-2,4,8-9H,3,14H2. The minimum Gasteiger partial charge on any atom is -0.323 e. The van der Waals surface area contributed by atoms with E-state index in [2.05, 4.69) is 0 Å². The second-order valence-corrected chi connectivity index (χ2v) is 3.42. The van der Waals surface area contributed by atoms with Crippen LogP contribution in [0.5, 0.6) is 0 Å². The maximum Gasteiger partial charge on any atom is 0.253 e. The molecule has 1 aromatic rings. The van der Waals surface area contributed by atoms with Gasteiger partial charge in [0.25, 0.3) is 6.43 Å². The van der Waals surface area contributed by atoms with Crippen LogP contribution >= 0.6 is 11.6 Å². The van der Waals surface area contributed by atoms with Crippen molar-refractivity contribution in [3.05, 3.63) is 34.6 Å². The van der Waals surface area contributed by atoms with Gasteiger partial charge in [-0.05, 0) is 30.2 Å². The maximum absolute atomic E-state index is 12.8. The van der Waals surface area contributed by atoms with Gasteiger partial charge in [-0.2, -0.15) is 0 Å². The van der Waals surface area contributed by atoms with Crippen molar-refractivity contribution >= 4 is 11.6 Å². The molecule has 0 spiro atoms. The number of rotatable bonds is 3. The van der Waals surface area contributed by atoms with Gasteiger partial charge in [0.2, 0.25) is 0 Å². The second-order valence-electron chi connectivity index (χ2n) is 2.98. The average molecular weight is 224 g/mol. The van der Waals surface area contributed by atoms with Crippen molar-refractivity contribution in [2.45, 2.75) is 18.9 Å². The van der Waals surface area contributed by atoms with E-state index in [1.54, 1.807) is 0 Å². The molecule has 1 unspecified atom stereocenters. The summed E-state index contributed by atoms with van der Waals surface area (Å²) in [4.78, 5) is 0. The van der Waals surface area contributed by atoms with E-state index in [9.17, 15) is 13.2 Å². The molecule has 0 fully saturated rings. The zero-order valence-electron chi connectivity index (χ0n) is 7.18. The highest BCUT2D eigenvalue weighted by molar-refractivity contribution is 6.30. The molecule has 0 amide bonds. The Morgan fingerprint density at radius 1 is 1.29 bits per heavy atom. The van der Waals surface area contributed by atoms with Gasteiger partial charge in [-0.15, -0.1) is 0 Å². The summed E-state index contributed by atoms with van der Waals surface area (Å²) >= 11 is 5.54. The van der Waals surface area contributed by atoms with Crippen molar-refractivity contribution < 1.29 is 13.2 Å². The van der Waals surface area contributed by atoms with Crippen LogP contribution in [0, 0.1) is 5.82 Å². The fourth-order valence-corrected chi connectivity index (χ4v) is 1.33. The van der Waals surface area contributed by atoms with Crippen LogP contribution in [0.25, 0.3) is 0 Å². The van der Waals surface area contributed by atoms with Gasteiger partial charge in [-0.25, -0.2) is 13.2 Å². The van der Waals surface area contributed by atoms with Gasteiger partial charge < -0.3 is 5.73 Å². The zero-order valence-corrected chi connectivity index (χ0v) is 7.94. The van der Waals surface area contributed by atoms with E-state index in [1.807, 2.05) is 0 Å². The minimum absolute atomic E-state index is 0.0881. The molecule has 0 aromatic heterocycles. The quantitative estimate of drug-likeness (QED) is 0.838. The number of hydrogen-bond acceptors (Lipinski definition) is 1. The van der Waals surface area contributed by atoms with E-state index >= 15 is 0 Å². The summed E-state index contributed by atoms with van der Waals surface area (Å²) in [6.45, 7) is 0. The summed E-state index contributed by atoms with van der Waals surface area (Å²) in [5.41, 5.74) is 5.51. The Morgan fingerprint density at radius 2 is 1.93 bits per heavy atom. The molecule has 1 nitrogen and oxygen atoms in total. The predicted octanol–water partition coefficient (Wildman–Crippen LogP) is 2.61. The number of nitrogens with two attached hydrogens (primary N) is 1. The van der Waals surface area contributed by atoms with Crippen molar-refractivity contribution in [3.8, 4) is 0 Å². The van der Waals surface area contributed by atoms with Gasteiger partial charge in [0.05, 0.1) is 6.04 Å². The van der Waals surface area contributed by atoms with E-state index in [1.165, 1.54) is 6.07 Å². The normalized spacial score (nSPS) is 13.3. The van der Waals surface area contributed by atoms with Gasteiger partial charge in [0, 0.05) is 5.02 Å². The van der Waals surface area contributed by atoms with Gasteiger partial charge in [0.15, 0.2) is 0 Å². The van der Waals surface area contributed by atoms with Crippen molar-refractivity contribution in [1.29, 1.82) is 0 Å². The number of hydrogen-bond donors (Lipinski definition) is 1. The Kier molecular flexibility index (Phi) is 3.77. The van der Waals surface area contributed by atoms with Crippen molar-refractivity contribution in [3.63, 3.8) is 0 Å². The maximum atomic E-state index is 12.8. The highest BCUT2D eigenvalue weighted by Gasteiger charge is 2.15. The van der Waals surface area contributed by atoms with Crippen LogP contribution in [-0.4, -0.2) is 12.5 Å². The zero-order chi connectivity index (χ0) is 10.7. The van der Waals surface area contributed by atoms with Gasteiger partial charge >= 0.3 is 0 Å². The molecule has 14 heavy (non-hydrogen) atoms. The lowest BCUT2D eigenvalue weighted by molar-refractivity contribution is 0.116. The first-order valence-electron chi connectivity index (χ1n) is 3.97. The third kappa shape index (κ3) is 3.20. The summed E-state index contributed by atoms with van der Waals surface area (Å²) < 4.78 is 36.9. The summed E-state index contributed by atoms with van der Waals surface area (Å²) in [5.74, 6) is -0.547. The Morgan fingerprint density at radius 3 is 2.43 bits per heavy atom. The van der Waals surface area contributed by atoms with Crippen molar-refractivity contribution in [2.75, 3.05) is 0 Å². The fourth-order valence-electron chi connectivity index (χ4n) is 1.09. The molecule has 0 aliphatic rings. The van der Waals surface area contributed by atoms with Crippen LogP contribution in [0.2, 0.25) is 5.02 Å². The third-order valence-electron chi connectivity index (χ3n) is 1.72. The molecular weight excluding hydrogens is 215 g/mol. The molecule has 0 heterocycles. The summed E-state index contributed by atoms with van der Waals surface area (Å²) in [6, 6.07) is 2.40. The number of halogens is 4. The first kappa shape index (κ1) is 11.3. The predicted molar refractivity (Wildman–Crippen MR) is 49.1 cm³/mol. The Balaban J connectivity index is 2.76. The summed E-state index contributed by atoms with van der Waals surface area (Å²) in [5, 5.41) is 0.182. The van der Waals surface area contributed by atoms with Crippen molar-refractivity contribution in [2.24, 2.45) is 5.73 Å². The SMILES string of the molecule is NC(Cc1cc(F)cc(Cl)c1)C(F)F. The summed E-state index contributed by atoms with van der Waals surface area (Å²) in [7, 11) is 0. The van der Waals surface area contributed by atoms with E-state index in [0.717, 1.165) is 12.1 Å². The first-order chi connectivity index (χ1) is 6.49. The van der Waals surface area contributed by atoms with E-state index in [4.69, 9.17) is 17.3 Å². The summed E-state index contributed by atoms with van der Waals surface area (Å²) in [6.07, 6.45) is -2.70. The van der Waals surface area contributed by atoms with E-state index in [-0.39, 0.29) is 11.4 Å². The molecule has 0 radical (unpaired) electrons. The fraction of sp³-hybridized carbons (Fsp3) is 0.333. The van der Waals surface area contributed by atoms with Gasteiger partial charge in [-0.1, -0.05) is 11.6 Å². The molecule has 1 atom stereocenters. The molecule has 1 rings (SSSR count). The number of alkyl halides is 2. The molecule has 5 heteroatoms. The molecule has 0 aliphatic heterocycles.